The lowest BCUT2D eigenvalue weighted by Crippen LogP contribution is -2.15. The molecule has 0 atom stereocenters. The SMILES string of the molecule is COc1cc(NC(=O)c2coc(NC(=O)C3CC3)n2)cc(OC)c1OC. The maximum absolute atomic E-state index is 12.4. The number of methoxy groups -OCH3 is 3. The molecule has 0 radical (unpaired) electrons. The number of oxazole rings is 1. The molecule has 0 bridgehead atoms. The maximum Gasteiger partial charge on any atom is 0.302 e. The summed E-state index contributed by atoms with van der Waals surface area (Å²) in [5, 5.41) is 5.21. The molecule has 0 unspecified atom stereocenters. The van der Waals surface area contributed by atoms with Crippen molar-refractivity contribution in [3.8, 4) is 17.2 Å². The molecule has 138 valence electrons. The third-order valence-electron chi connectivity index (χ3n) is 3.84. The second kappa shape index (κ2) is 7.34. The van der Waals surface area contributed by atoms with Gasteiger partial charge in [0.05, 0.1) is 21.3 Å². The van der Waals surface area contributed by atoms with Gasteiger partial charge in [0.25, 0.3) is 5.91 Å². The molecule has 1 aliphatic carbocycles. The van der Waals surface area contributed by atoms with Crippen LogP contribution in [0.5, 0.6) is 17.2 Å². The molecule has 2 amide bonds. The summed E-state index contributed by atoms with van der Waals surface area (Å²) in [6, 6.07) is 3.18. The van der Waals surface area contributed by atoms with Gasteiger partial charge >= 0.3 is 6.01 Å². The molecule has 1 saturated carbocycles. The Bertz CT molecular complexity index is 803. The van der Waals surface area contributed by atoms with Crippen molar-refractivity contribution >= 4 is 23.5 Å². The number of nitrogens with one attached hydrogen (secondary N) is 2. The molecule has 9 heteroatoms. The monoisotopic (exact) mass is 361 g/mol. The number of hydrogen-bond acceptors (Lipinski definition) is 7. The van der Waals surface area contributed by atoms with Crippen LogP contribution < -0.4 is 24.8 Å². The molecule has 3 rings (SSSR count). The first-order chi connectivity index (χ1) is 12.5. The van der Waals surface area contributed by atoms with E-state index < -0.39 is 5.91 Å². The van der Waals surface area contributed by atoms with E-state index in [1.165, 1.54) is 27.6 Å². The lowest BCUT2D eigenvalue weighted by atomic mass is 10.2. The number of carbonyl (C=O) groups excluding carboxylic acids is 2. The minimum Gasteiger partial charge on any atom is -0.493 e. The quantitative estimate of drug-likeness (QED) is 0.778. The lowest BCUT2D eigenvalue weighted by molar-refractivity contribution is -0.117. The summed E-state index contributed by atoms with van der Waals surface area (Å²) in [6.45, 7) is 0. The number of amides is 2. The Balaban J connectivity index is 1.73. The zero-order valence-electron chi connectivity index (χ0n) is 14.6. The molecule has 1 heterocycles. The number of hydrogen-bond donors (Lipinski definition) is 2. The van der Waals surface area contributed by atoms with Gasteiger partial charge in [-0.1, -0.05) is 0 Å². The standard InChI is InChI=1S/C17H19N3O6/c1-23-12-6-10(7-13(24-2)14(12)25-3)18-16(22)11-8-26-17(19-11)20-15(21)9-4-5-9/h6-9H,4-5H2,1-3H3,(H,18,22)(H,19,20,21). The minimum absolute atomic E-state index is 0.00283. The van der Waals surface area contributed by atoms with Gasteiger partial charge in [0.1, 0.15) is 6.26 Å². The molecule has 2 N–H and O–H groups in total. The molecule has 2 aromatic rings. The number of carbonyl (C=O) groups is 2. The summed E-state index contributed by atoms with van der Waals surface area (Å²) in [5.74, 6) is 0.579. The van der Waals surface area contributed by atoms with E-state index in [4.69, 9.17) is 18.6 Å². The fourth-order valence-electron chi connectivity index (χ4n) is 2.34. The maximum atomic E-state index is 12.4. The highest BCUT2D eigenvalue weighted by atomic mass is 16.5. The Hall–Kier alpha value is -3.23. The molecular weight excluding hydrogens is 342 g/mol. The van der Waals surface area contributed by atoms with E-state index in [0.717, 1.165) is 12.8 Å². The summed E-state index contributed by atoms with van der Waals surface area (Å²) < 4.78 is 20.9. The van der Waals surface area contributed by atoms with Crippen molar-refractivity contribution in [3.05, 3.63) is 24.1 Å². The van der Waals surface area contributed by atoms with Crippen molar-refractivity contribution in [1.82, 2.24) is 4.98 Å². The smallest absolute Gasteiger partial charge is 0.302 e. The van der Waals surface area contributed by atoms with Gasteiger partial charge in [-0.25, -0.2) is 0 Å². The van der Waals surface area contributed by atoms with Crippen LogP contribution in [0.2, 0.25) is 0 Å². The Labute approximate surface area is 149 Å². The van der Waals surface area contributed by atoms with E-state index >= 15 is 0 Å². The van der Waals surface area contributed by atoms with Crippen LogP contribution in [0.4, 0.5) is 11.7 Å². The van der Waals surface area contributed by atoms with Gasteiger partial charge in [0, 0.05) is 23.7 Å². The van der Waals surface area contributed by atoms with Crippen molar-refractivity contribution in [3.63, 3.8) is 0 Å². The van der Waals surface area contributed by atoms with Gasteiger partial charge in [0.15, 0.2) is 17.2 Å². The first-order valence-corrected chi connectivity index (χ1v) is 7.93. The molecule has 1 fully saturated rings. The number of nitrogens with zero attached hydrogens (tertiary/aromatic N) is 1. The van der Waals surface area contributed by atoms with Crippen LogP contribution in [-0.4, -0.2) is 38.1 Å². The molecular formula is C17H19N3O6. The Morgan fingerprint density at radius 3 is 2.27 bits per heavy atom. The lowest BCUT2D eigenvalue weighted by Gasteiger charge is -2.14. The Morgan fingerprint density at radius 1 is 1.08 bits per heavy atom. The molecule has 1 aromatic carbocycles. The third kappa shape index (κ3) is 3.71. The van der Waals surface area contributed by atoms with Gasteiger partial charge in [0.2, 0.25) is 11.7 Å². The zero-order chi connectivity index (χ0) is 18.7. The van der Waals surface area contributed by atoms with Crippen molar-refractivity contribution < 1.29 is 28.2 Å². The Kier molecular flexibility index (Phi) is 4.97. The van der Waals surface area contributed by atoms with Crippen LogP contribution in [-0.2, 0) is 4.79 Å². The van der Waals surface area contributed by atoms with Crippen LogP contribution in [0, 0.1) is 5.92 Å². The van der Waals surface area contributed by atoms with E-state index in [1.54, 1.807) is 12.1 Å². The largest absolute Gasteiger partial charge is 0.493 e. The third-order valence-corrected chi connectivity index (χ3v) is 3.84. The number of rotatable bonds is 7. The predicted molar refractivity (Wildman–Crippen MR) is 91.9 cm³/mol. The van der Waals surface area contributed by atoms with Crippen molar-refractivity contribution in [2.24, 2.45) is 5.92 Å². The zero-order valence-corrected chi connectivity index (χ0v) is 14.6. The molecule has 1 aliphatic rings. The Morgan fingerprint density at radius 2 is 1.73 bits per heavy atom. The van der Waals surface area contributed by atoms with Crippen LogP contribution in [0.15, 0.2) is 22.8 Å². The number of benzene rings is 1. The van der Waals surface area contributed by atoms with Crippen molar-refractivity contribution in [2.75, 3.05) is 32.0 Å². The predicted octanol–water partition coefficient (Wildman–Crippen LogP) is 2.30. The molecule has 9 nitrogen and oxygen atoms in total. The number of aromatic nitrogens is 1. The highest BCUT2D eigenvalue weighted by molar-refractivity contribution is 6.03. The molecule has 0 aliphatic heterocycles. The summed E-state index contributed by atoms with van der Waals surface area (Å²) in [4.78, 5) is 28.0. The average molecular weight is 361 g/mol. The highest BCUT2D eigenvalue weighted by Crippen LogP contribution is 2.40. The van der Waals surface area contributed by atoms with Gasteiger partial charge in [-0.3, -0.25) is 14.9 Å². The highest BCUT2D eigenvalue weighted by Gasteiger charge is 2.30. The normalized spacial score (nSPS) is 13.0. The first-order valence-electron chi connectivity index (χ1n) is 7.93. The molecule has 1 aromatic heterocycles. The molecule has 26 heavy (non-hydrogen) atoms. The van der Waals surface area contributed by atoms with Gasteiger partial charge in [-0.15, -0.1) is 0 Å². The fraction of sp³-hybridized carbons (Fsp3) is 0.353. The minimum atomic E-state index is -0.505. The second-order valence-corrected chi connectivity index (χ2v) is 5.67. The second-order valence-electron chi connectivity index (χ2n) is 5.67. The average Bonchev–Trinajstić information content (AvgIpc) is 3.40. The summed E-state index contributed by atoms with van der Waals surface area (Å²) in [7, 11) is 4.45. The van der Waals surface area contributed by atoms with Gasteiger partial charge in [-0.05, 0) is 12.8 Å². The number of anilines is 2. The number of ether oxygens (including phenoxy) is 3. The van der Waals surface area contributed by atoms with E-state index in [9.17, 15) is 9.59 Å². The van der Waals surface area contributed by atoms with Crippen molar-refractivity contribution in [1.29, 1.82) is 0 Å². The van der Waals surface area contributed by atoms with E-state index in [1.807, 2.05) is 0 Å². The summed E-state index contributed by atoms with van der Waals surface area (Å²) in [5.41, 5.74) is 0.459. The van der Waals surface area contributed by atoms with Crippen LogP contribution in [0.3, 0.4) is 0 Å². The fourth-order valence-corrected chi connectivity index (χ4v) is 2.34. The van der Waals surface area contributed by atoms with Crippen LogP contribution in [0.1, 0.15) is 23.3 Å². The van der Waals surface area contributed by atoms with E-state index in [2.05, 4.69) is 15.6 Å². The van der Waals surface area contributed by atoms with Gasteiger partial charge < -0.3 is 23.9 Å². The molecule has 0 saturated heterocycles. The van der Waals surface area contributed by atoms with Crippen LogP contribution >= 0.6 is 0 Å². The van der Waals surface area contributed by atoms with E-state index in [-0.39, 0.29) is 23.5 Å². The van der Waals surface area contributed by atoms with Gasteiger partial charge in [-0.2, -0.15) is 4.98 Å². The summed E-state index contributed by atoms with van der Waals surface area (Å²) in [6.07, 6.45) is 2.90. The topological polar surface area (TPSA) is 112 Å². The summed E-state index contributed by atoms with van der Waals surface area (Å²) >= 11 is 0. The van der Waals surface area contributed by atoms with Crippen molar-refractivity contribution in [2.45, 2.75) is 12.8 Å². The van der Waals surface area contributed by atoms with E-state index in [0.29, 0.717) is 22.9 Å². The molecule has 0 spiro atoms. The van der Waals surface area contributed by atoms with Crippen LogP contribution in [0.25, 0.3) is 0 Å². The first kappa shape index (κ1) is 17.6.